The number of benzene rings is 5. The van der Waals surface area contributed by atoms with E-state index >= 15 is 0 Å². The highest BCUT2D eigenvalue weighted by molar-refractivity contribution is 5.52. The van der Waals surface area contributed by atoms with E-state index in [4.69, 9.17) is 5.11 Å². The average molecular weight is 605 g/mol. The van der Waals surface area contributed by atoms with Crippen molar-refractivity contribution in [2.75, 3.05) is 7.11 Å². The van der Waals surface area contributed by atoms with Gasteiger partial charge in [-0.3, -0.25) is 0 Å². The van der Waals surface area contributed by atoms with E-state index in [1.54, 1.807) is 18.2 Å². The van der Waals surface area contributed by atoms with Crippen LogP contribution in [0, 0.1) is 34.6 Å². The normalized spacial score (nSPS) is 10.8. The fraction of sp³-hybridized carbons (Fsp3) is 0.250. The van der Waals surface area contributed by atoms with Crippen molar-refractivity contribution < 1.29 is 25.5 Å². The van der Waals surface area contributed by atoms with Gasteiger partial charge in [0.15, 0.2) is 0 Å². The van der Waals surface area contributed by atoms with E-state index in [-0.39, 0.29) is 11.5 Å². The minimum atomic E-state index is 0.216. The highest BCUT2D eigenvalue weighted by Crippen LogP contribution is 2.33. The van der Waals surface area contributed by atoms with Crippen LogP contribution in [0.2, 0.25) is 0 Å². The summed E-state index contributed by atoms with van der Waals surface area (Å²) < 4.78 is 0. The van der Waals surface area contributed by atoms with Gasteiger partial charge in [-0.25, -0.2) is 0 Å². The van der Waals surface area contributed by atoms with Gasteiger partial charge in [-0.15, -0.1) is 0 Å². The standard InChI is InChI=1S/C39H40O4.CH4O/c1-23-12-33(20-31-16-26(4)38(42)35(21-31)18-28-6-9-36(40)10-7-28)39(43)34(13-23)22-32-19-30(14-24(2)27(32)5)17-29-8-11-37(41)25(3)15-29;1-2/h6-16,19,21,40-43H,17-18,20,22H2,1-5H3;2H,1H3. The molecule has 0 heterocycles. The largest absolute Gasteiger partial charge is 0.508 e. The smallest absolute Gasteiger partial charge is 0.122 e. The summed E-state index contributed by atoms with van der Waals surface area (Å²) in [7, 11) is 1.00. The van der Waals surface area contributed by atoms with Crippen LogP contribution >= 0.6 is 0 Å². The Kier molecular flexibility index (Phi) is 10.6. The molecule has 0 atom stereocenters. The Morgan fingerprint density at radius 3 is 1.60 bits per heavy atom. The zero-order valence-electron chi connectivity index (χ0n) is 27.1. The van der Waals surface area contributed by atoms with Gasteiger partial charge < -0.3 is 25.5 Å². The second-order valence-electron chi connectivity index (χ2n) is 12.0. The molecule has 5 rings (SSSR count). The third-order valence-corrected chi connectivity index (χ3v) is 8.46. The lowest BCUT2D eigenvalue weighted by Gasteiger charge is -2.17. The van der Waals surface area contributed by atoms with Gasteiger partial charge in [0, 0.05) is 26.4 Å². The Balaban J connectivity index is 0.00000226. The summed E-state index contributed by atoms with van der Waals surface area (Å²) in [5.41, 5.74) is 13.3. The lowest BCUT2D eigenvalue weighted by Crippen LogP contribution is -2.01. The number of phenolic OH excluding ortho intramolecular Hbond substituents is 4. The summed E-state index contributed by atoms with van der Waals surface area (Å²) in [6.07, 6.45) is 2.48. The molecule has 0 aliphatic carbocycles. The highest BCUT2D eigenvalue weighted by Gasteiger charge is 2.15. The lowest BCUT2D eigenvalue weighted by molar-refractivity contribution is 0.399. The van der Waals surface area contributed by atoms with Crippen molar-refractivity contribution in [2.45, 2.75) is 60.3 Å². The molecular formula is C40H44O5. The number of aliphatic hydroxyl groups excluding tert-OH is 1. The second kappa shape index (κ2) is 14.4. The van der Waals surface area contributed by atoms with Crippen LogP contribution < -0.4 is 0 Å². The minimum absolute atomic E-state index is 0.216. The van der Waals surface area contributed by atoms with Gasteiger partial charge in [0.1, 0.15) is 23.0 Å². The van der Waals surface area contributed by atoms with E-state index in [1.165, 1.54) is 22.3 Å². The maximum absolute atomic E-state index is 11.5. The molecule has 5 nitrogen and oxygen atoms in total. The van der Waals surface area contributed by atoms with Crippen LogP contribution in [0.25, 0.3) is 0 Å². The molecule has 234 valence electrons. The second-order valence-corrected chi connectivity index (χ2v) is 12.0. The van der Waals surface area contributed by atoms with Crippen molar-refractivity contribution in [3.63, 3.8) is 0 Å². The number of hydrogen-bond acceptors (Lipinski definition) is 5. The first kappa shape index (κ1) is 33.2. The first-order chi connectivity index (χ1) is 21.5. The van der Waals surface area contributed by atoms with E-state index in [0.29, 0.717) is 30.8 Å². The molecule has 0 amide bonds. The lowest BCUT2D eigenvalue weighted by atomic mass is 9.89. The molecule has 0 aliphatic heterocycles. The maximum Gasteiger partial charge on any atom is 0.122 e. The van der Waals surface area contributed by atoms with Crippen LogP contribution in [-0.4, -0.2) is 32.6 Å². The van der Waals surface area contributed by atoms with E-state index in [2.05, 4.69) is 39.0 Å². The SMILES string of the molecule is CO.Cc1cc(Cc2cc(C)c(O)c(Cc3ccc(O)cc3)c2)c(O)c(Cc2cc(Cc3ccc(O)c(C)c3)cc(C)c2C)c1. The first-order valence-electron chi connectivity index (χ1n) is 15.2. The number of aliphatic hydroxyl groups is 1. The Morgan fingerprint density at radius 2 is 0.933 bits per heavy atom. The summed E-state index contributed by atoms with van der Waals surface area (Å²) in [5, 5.41) is 48.9. The Bertz CT molecular complexity index is 1800. The number of phenols is 4. The van der Waals surface area contributed by atoms with Gasteiger partial charge in [-0.05, 0) is 126 Å². The van der Waals surface area contributed by atoms with Crippen LogP contribution in [0.1, 0.15) is 72.3 Å². The number of aryl methyl sites for hydroxylation is 4. The number of hydrogen-bond donors (Lipinski definition) is 5. The van der Waals surface area contributed by atoms with Crippen molar-refractivity contribution in [3.8, 4) is 23.0 Å². The summed E-state index contributed by atoms with van der Waals surface area (Å²) in [4.78, 5) is 0. The molecule has 5 aromatic carbocycles. The zero-order chi connectivity index (χ0) is 32.8. The molecule has 0 saturated carbocycles. The highest BCUT2D eigenvalue weighted by atomic mass is 16.3. The van der Waals surface area contributed by atoms with Gasteiger partial charge in [0.2, 0.25) is 0 Å². The number of aromatic hydroxyl groups is 4. The van der Waals surface area contributed by atoms with Crippen LogP contribution in [0.15, 0.2) is 78.9 Å². The quantitative estimate of drug-likeness (QED) is 0.123. The molecule has 0 radical (unpaired) electrons. The molecule has 45 heavy (non-hydrogen) atoms. The summed E-state index contributed by atoms with van der Waals surface area (Å²) in [6.45, 7) is 10.2. The monoisotopic (exact) mass is 604 g/mol. The Morgan fingerprint density at radius 1 is 0.422 bits per heavy atom. The van der Waals surface area contributed by atoms with Crippen molar-refractivity contribution in [2.24, 2.45) is 0 Å². The molecule has 0 saturated heterocycles. The van der Waals surface area contributed by atoms with Gasteiger partial charge in [-0.2, -0.15) is 0 Å². The zero-order valence-corrected chi connectivity index (χ0v) is 27.1. The van der Waals surface area contributed by atoms with Crippen molar-refractivity contribution in [3.05, 3.63) is 151 Å². The third-order valence-electron chi connectivity index (χ3n) is 8.46. The van der Waals surface area contributed by atoms with Crippen LogP contribution in [0.5, 0.6) is 23.0 Å². The Labute approximate surface area is 266 Å². The van der Waals surface area contributed by atoms with Crippen molar-refractivity contribution in [1.29, 1.82) is 0 Å². The van der Waals surface area contributed by atoms with E-state index < -0.39 is 0 Å². The Hall–Kier alpha value is -4.74. The van der Waals surface area contributed by atoms with Crippen LogP contribution in [0.3, 0.4) is 0 Å². The predicted molar refractivity (Wildman–Crippen MR) is 182 cm³/mol. The first-order valence-corrected chi connectivity index (χ1v) is 15.2. The van der Waals surface area contributed by atoms with Crippen molar-refractivity contribution >= 4 is 0 Å². The molecule has 0 aliphatic rings. The summed E-state index contributed by atoms with van der Waals surface area (Å²) in [5.74, 6) is 1.12. The molecule has 0 aromatic heterocycles. The molecule has 0 spiro atoms. The molecule has 0 unspecified atom stereocenters. The molecule has 0 fully saturated rings. The summed E-state index contributed by atoms with van der Waals surface area (Å²) >= 11 is 0. The molecule has 5 aromatic rings. The van der Waals surface area contributed by atoms with Gasteiger partial charge in [0.05, 0.1) is 0 Å². The fourth-order valence-corrected chi connectivity index (χ4v) is 6.00. The van der Waals surface area contributed by atoms with E-state index in [1.807, 2.05) is 56.3 Å². The third kappa shape index (κ3) is 8.05. The van der Waals surface area contributed by atoms with Gasteiger partial charge in [-0.1, -0.05) is 66.2 Å². The predicted octanol–water partition coefficient (Wildman–Crippen LogP) is 8.02. The maximum atomic E-state index is 11.5. The summed E-state index contributed by atoms with van der Waals surface area (Å²) in [6, 6.07) is 25.4. The van der Waals surface area contributed by atoms with Crippen LogP contribution in [0.4, 0.5) is 0 Å². The van der Waals surface area contributed by atoms with E-state index in [9.17, 15) is 20.4 Å². The van der Waals surface area contributed by atoms with Gasteiger partial charge in [0.25, 0.3) is 0 Å². The molecule has 0 bridgehead atoms. The van der Waals surface area contributed by atoms with Crippen LogP contribution in [-0.2, 0) is 25.7 Å². The van der Waals surface area contributed by atoms with E-state index in [0.717, 1.165) is 63.6 Å². The fourth-order valence-electron chi connectivity index (χ4n) is 6.00. The molecular weight excluding hydrogens is 560 g/mol. The minimum Gasteiger partial charge on any atom is -0.508 e. The molecule has 5 heteroatoms. The average Bonchev–Trinajstić information content (AvgIpc) is 3.00. The molecule has 5 N–H and O–H groups in total. The number of rotatable bonds is 8. The topological polar surface area (TPSA) is 101 Å². The van der Waals surface area contributed by atoms with Crippen molar-refractivity contribution in [1.82, 2.24) is 0 Å². The van der Waals surface area contributed by atoms with Gasteiger partial charge >= 0.3 is 0 Å².